The first-order chi connectivity index (χ1) is 6.76. The van der Waals surface area contributed by atoms with E-state index in [1.165, 1.54) is 0 Å². The fraction of sp³-hybridized carbons (Fsp3) is 0.667. The molecule has 1 rings (SSSR count). The Kier molecular flexibility index (Phi) is 4.10. The summed E-state index contributed by atoms with van der Waals surface area (Å²) < 4.78 is 4.79. The highest BCUT2D eigenvalue weighted by Crippen LogP contribution is 1.98. The Hall–Kier alpha value is -1.39. The van der Waals surface area contributed by atoms with Gasteiger partial charge in [0.1, 0.15) is 12.2 Å². The van der Waals surface area contributed by atoms with Crippen LogP contribution in [0.25, 0.3) is 0 Å². The Balaban J connectivity index is 2.46. The molecule has 0 unspecified atom stereocenters. The number of nitrogens with zero attached hydrogens (tertiary/aromatic N) is 2. The lowest BCUT2D eigenvalue weighted by Crippen LogP contribution is -2.08. The molecule has 0 saturated heterocycles. The Labute approximate surface area is 82.9 Å². The Morgan fingerprint density at radius 2 is 2.29 bits per heavy atom. The lowest BCUT2D eigenvalue weighted by Gasteiger charge is -1.97. The number of ether oxygens (including phenoxy) is 1. The van der Waals surface area contributed by atoms with E-state index < -0.39 is 0 Å². The van der Waals surface area contributed by atoms with Crippen molar-refractivity contribution in [2.75, 3.05) is 6.61 Å². The van der Waals surface area contributed by atoms with Crippen molar-refractivity contribution in [2.45, 2.75) is 33.1 Å². The standard InChI is InChI=1S/C9H15N3O2/c1-3-5-7-10-8(12-11-7)6-9(13)14-4-2/h3-6H2,1-2H3,(H,10,11,12). The molecule has 0 saturated carbocycles. The third kappa shape index (κ3) is 3.16. The van der Waals surface area contributed by atoms with E-state index in [0.717, 1.165) is 18.7 Å². The zero-order valence-corrected chi connectivity index (χ0v) is 8.54. The second-order valence-electron chi connectivity index (χ2n) is 2.93. The van der Waals surface area contributed by atoms with Gasteiger partial charge in [-0.2, -0.15) is 5.10 Å². The second kappa shape index (κ2) is 5.36. The largest absolute Gasteiger partial charge is 0.466 e. The minimum Gasteiger partial charge on any atom is -0.466 e. The maximum atomic E-state index is 11.1. The van der Waals surface area contributed by atoms with Crippen LogP contribution in [0.4, 0.5) is 0 Å². The number of rotatable bonds is 5. The third-order valence-corrected chi connectivity index (χ3v) is 1.67. The van der Waals surface area contributed by atoms with E-state index in [9.17, 15) is 4.79 Å². The van der Waals surface area contributed by atoms with Crippen LogP contribution in [0.15, 0.2) is 0 Å². The number of H-pyrrole nitrogens is 1. The summed E-state index contributed by atoms with van der Waals surface area (Å²) in [7, 11) is 0. The van der Waals surface area contributed by atoms with Gasteiger partial charge < -0.3 is 4.74 Å². The molecule has 1 heterocycles. The van der Waals surface area contributed by atoms with E-state index in [-0.39, 0.29) is 12.4 Å². The van der Waals surface area contributed by atoms with Crippen molar-refractivity contribution in [3.8, 4) is 0 Å². The van der Waals surface area contributed by atoms with Gasteiger partial charge >= 0.3 is 5.97 Å². The van der Waals surface area contributed by atoms with Crippen molar-refractivity contribution < 1.29 is 9.53 Å². The maximum Gasteiger partial charge on any atom is 0.313 e. The zero-order chi connectivity index (χ0) is 10.4. The molecular formula is C9H15N3O2. The quantitative estimate of drug-likeness (QED) is 0.711. The number of aromatic amines is 1. The molecule has 0 aliphatic heterocycles. The molecule has 1 aromatic rings. The molecule has 1 aromatic heterocycles. The molecule has 0 amide bonds. The molecule has 0 aliphatic rings. The summed E-state index contributed by atoms with van der Waals surface area (Å²) in [5, 5.41) is 6.69. The Morgan fingerprint density at radius 1 is 1.50 bits per heavy atom. The monoisotopic (exact) mass is 197 g/mol. The molecule has 5 nitrogen and oxygen atoms in total. The van der Waals surface area contributed by atoms with Gasteiger partial charge in [-0.1, -0.05) is 6.92 Å². The van der Waals surface area contributed by atoms with E-state index in [2.05, 4.69) is 22.1 Å². The number of hydrogen-bond acceptors (Lipinski definition) is 4. The first-order valence-corrected chi connectivity index (χ1v) is 4.82. The lowest BCUT2D eigenvalue weighted by molar-refractivity contribution is -0.142. The number of carbonyl (C=O) groups is 1. The van der Waals surface area contributed by atoms with Crippen LogP contribution in [-0.4, -0.2) is 27.8 Å². The summed E-state index contributed by atoms with van der Waals surface area (Å²) in [5.74, 6) is 1.06. The van der Waals surface area contributed by atoms with Crippen LogP contribution in [0.5, 0.6) is 0 Å². The first kappa shape index (κ1) is 10.7. The van der Waals surface area contributed by atoms with Crippen molar-refractivity contribution in [2.24, 2.45) is 0 Å². The predicted molar refractivity (Wildman–Crippen MR) is 50.7 cm³/mol. The zero-order valence-electron chi connectivity index (χ0n) is 8.54. The molecule has 0 spiro atoms. The van der Waals surface area contributed by atoms with Gasteiger partial charge in [-0.25, -0.2) is 4.98 Å². The van der Waals surface area contributed by atoms with Crippen LogP contribution in [0, 0.1) is 0 Å². The summed E-state index contributed by atoms with van der Waals surface area (Å²) in [6.45, 7) is 4.23. The molecular weight excluding hydrogens is 182 g/mol. The highest BCUT2D eigenvalue weighted by atomic mass is 16.5. The number of esters is 1. The van der Waals surface area contributed by atoms with Crippen LogP contribution >= 0.6 is 0 Å². The first-order valence-electron chi connectivity index (χ1n) is 4.82. The smallest absolute Gasteiger partial charge is 0.313 e. The summed E-state index contributed by atoms with van der Waals surface area (Å²) in [6, 6.07) is 0. The van der Waals surface area contributed by atoms with E-state index in [1.807, 2.05) is 0 Å². The Morgan fingerprint density at radius 3 is 2.93 bits per heavy atom. The highest BCUT2D eigenvalue weighted by Gasteiger charge is 2.08. The molecule has 0 fully saturated rings. The minimum absolute atomic E-state index is 0.171. The highest BCUT2D eigenvalue weighted by molar-refractivity contribution is 5.71. The van der Waals surface area contributed by atoms with Crippen LogP contribution < -0.4 is 0 Å². The molecule has 14 heavy (non-hydrogen) atoms. The van der Waals surface area contributed by atoms with Crippen LogP contribution in [0.3, 0.4) is 0 Å². The predicted octanol–water partition coefficient (Wildman–Crippen LogP) is 0.863. The summed E-state index contributed by atoms with van der Waals surface area (Å²) in [5.41, 5.74) is 0. The van der Waals surface area contributed by atoms with Gasteiger partial charge in [-0.15, -0.1) is 0 Å². The van der Waals surface area contributed by atoms with E-state index in [0.29, 0.717) is 12.4 Å². The number of aromatic nitrogens is 3. The molecule has 1 N–H and O–H groups in total. The van der Waals surface area contributed by atoms with E-state index >= 15 is 0 Å². The fourth-order valence-electron chi connectivity index (χ4n) is 1.10. The molecule has 0 atom stereocenters. The number of aryl methyl sites for hydroxylation is 1. The molecule has 78 valence electrons. The van der Waals surface area contributed by atoms with Crippen molar-refractivity contribution >= 4 is 5.97 Å². The van der Waals surface area contributed by atoms with Gasteiger partial charge in [0, 0.05) is 6.42 Å². The maximum absolute atomic E-state index is 11.1. The molecule has 0 aliphatic carbocycles. The summed E-state index contributed by atoms with van der Waals surface area (Å²) in [4.78, 5) is 15.2. The van der Waals surface area contributed by atoms with Gasteiger partial charge in [0.25, 0.3) is 0 Å². The van der Waals surface area contributed by atoms with E-state index in [1.54, 1.807) is 6.92 Å². The Bertz CT molecular complexity index is 296. The van der Waals surface area contributed by atoms with Gasteiger partial charge in [-0.3, -0.25) is 9.89 Å². The molecule has 0 bridgehead atoms. The van der Waals surface area contributed by atoms with Gasteiger partial charge in [0.15, 0.2) is 5.82 Å². The average molecular weight is 197 g/mol. The normalized spacial score (nSPS) is 10.1. The van der Waals surface area contributed by atoms with Gasteiger partial charge in [-0.05, 0) is 13.3 Å². The van der Waals surface area contributed by atoms with Crippen LogP contribution in [0.1, 0.15) is 31.9 Å². The van der Waals surface area contributed by atoms with E-state index in [4.69, 9.17) is 4.74 Å². The van der Waals surface area contributed by atoms with Gasteiger partial charge in [0.05, 0.1) is 6.61 Å². The molecule has 0 aromatic carbocycles. The third-order valence-electron chi connectivity index (χ3n) is 1.67. The molecule has 0 radical (unpaired) electrons. The number of hydrogen-bond donors (Lipinski definition) is 1. The second-order valence-corrected chi connectivity index (χ2v) is 2.93. The van der Waals surface area contributed by atoms with Crippen LogP contribution in [-0.2, 0) is 22.4 Å². The number of carbonyl (C=O) groups excluding carboxylic acids is 1. The minimum atomic E-state index is -0.272. The van der Waals surface area contributed by atoms with Crippen molar-refractivity contribution in [3.05, 3.63) is 11.6 Å². The molecule has 5 heteroatoms. The van der Waals surface area contributed by atoms with Crippen LogP contribution in [0.2, 0.25) is 0 Å². The number of nitrogens with one attached hydrogen (secondary N) is 1. The lowest BCUT2D eigenvalue weighted by atomic mass is 10.3. The summed E-state index contributed by atoms with van der Waals surface area (Å²) >= 11 is 0. The SMILES string of the molecule is CCCc1n[nH]c(CC(=O)OCC)n1. The fourth-order valence-corrected chi connectivity index (χ4v) is 1.10. The van der Waals surface area contributed by atoms with Crippen molar-refractivity contribution in [1.29, 1.82) is 0 Å². The van der Waals surface area contributed by atoms with Crippen molar-refractivity contribution in [1.82, 2.24) is 15.2 Å². The van der Waals surface area contributed by atoms with Crippen molar-refractivity contribution in [3.63, 3.8) is 0 Å². The topological polar surface area (TPSA) is 67.9 Å². The average Bonchev–Trinajstić information content (AvgIpc) is 2.53. The summed E-state index contributed by atoms with van der Waals surface area (Å²) in [6.07, 6.45) is 2.00. The van der Waals surface area contributed by atoms with Gasteiger partial charge in [0.2, 0.25) is 0 Å².